The molecule has 2 aliphatic heterocycles. The van der Waals surface area contributed by atoms with Crippen LogP contribution in [-0.4, -0.2) is 79.8 Å². The fraction of sp³-hybridized carbons (Fsp3) is 0.500. The number of halogens is 6. The van der Waals surface area contributed by atoms with E-state index in [1.54, 1.807) is 11.3 Å². The number of aliphatic carboxylic acids is 2. The fourth-order valence-electron chi connectivity index (χ4n) is 3.52. The smallest absolute Gasteiger partial charge is 0.475 e. The van der Waals surface area contributed by atoms with Crippen LogP contribution in [0.2, 0.25) is 0 Å². The number of anilines is 1. The lowest BCUT2D eigenvalue weighted by Crippen LogP contribution is -2.36. The van der Waals surface area contributed by atoms with Crippen LogP contribution in [0.3, 0.4) is 0 Å². The van der Waals surface area contributed by atoms with Gasteiger partial charge in [-0.05, 0) is 30.5 Å². The van der Waals surface area contributed by atoms with E-state index in [0.717, 1.165) is 18.2 Å². The maximum absolute atomic E-state index is 10.6. The zero-order valence-electron chi connectivity index (χ0n) is 17.2. The van der Waals surface area contributed by atoms with E-state index in [9.17, 15) is 26.3 Å². The summed E-state index contributed by atoms with van der Waals surface area (Å²) < 4.78 is 63.5. The molecule has 0 unspecified atom stereocenters. The van der Waals surface area contributed by atoms with E-state index >= 15 is 0 Å². The van der Waals surface area contributed by atoms with Gasteiger partial charge < -0.3 is 15.1 Å². The van der Waals surface area contributed by atoms with Gasteiger partial charge in [0.2, 0.25) is 5.13 Å². The van der Waals surface area contributed by atoms with E-state index in [2.05, 4.69) is 37.1 Å². The monoisotopic (exact) mass is 515 g/mol. The molecule has 0 radical (unpaired) electrons. The highest BCUT2D eigenvalue weighted by Gasteiger charge is 2.43. The highest BCUT2D eigenvalue weighted by molar-refractivity contribution is 7.13. The van der Waals surface area contributed by atoms with Crippen molar-refractivity contribution >= 4 is 28.4 Å². The van der Waals surface area contributed by atoms with Gasteiger partial charge in [-0.2, -0.15) is 26.3 Å². The molecule has 2 aromatic heterocycles. The lowest BCUT2D eigenvalue weighted by Gasteiger charge is -2.25. The number of fused-ring (bicyclic) bond motifs is 1. The lowest BCUT2D eigenvalue weighted by atomic mass is 10.1. The summed E-state index contributed by atoms with van der Waals surface area (Å²) in [6.07, 6.45) is -3.94. The Morgan fingerprint density at radius 1 is 0.971 bits per heavy atom. The average molecular weight is 515 g/mol. The number of pyridine rings is 1. The molecule has 2 fully saturated rings. The Balaban J connectivity index is 0.000000244. The molecule has 0 aliphatic carbocycles. The van der Waals surface area contributed by atoms with Gasteiger partial charge in [-0.15, -0.1) is 10.2 Å². The van der Waals surface area contributed by atoms with Gasteiger partial charge in [-0.25, -0.2) is 9.59 Å². The first-order valence-electron chi connectivity index (χ1n) is 9.56. The zero-order valence-corrected chi connectivity index (χ0v) is 18.0. The summed E-state index contributed by atoms with van der Waals surface area (Å²) in [5.41, 5.74) is 3.18. The topological polar surface area (TPSA) is 120 Å². The quantitative estimate of drug-likeness (QED) is 0.595. The van der Waals surface area contributed by atoms with E-state index in [-0.39, 0.29) is 0 Å². The molecule has 2 N–H and O–H groups in total. The number of rotatable bonds is 3. The van der Waals surface area contributed by atoms with Crippen LogP contribution in [-0.2, 0) is 16.1 Å². The predicted octanol–water partition coefficient (Wildman–Crippen LogP) is 3.05. The molecule has 4 heterocycles. The van der Waals surface area contributed by atoms with Gasteiger partial charge in [-0.3, -0.25) is 9.88 Å². The molecule has 2 saturated heterocycles. The average Bonchev–Trinajstić information content (AvgIpc) is 3.47. The Bertz CT molecular complexity index is 905. The number of hydrogen-bond acceptors (Lipinski definition) is 8. The maximum atomic E-state index is 10.6. The van der Waals surface area contributed by atoms with Crippen LogP contribution in [0.15, 0.2) is 30.0 Å². The molecule has 4 rings (SSSR count). The molecule has 2 aromatic rings. The third-order valence-corrected chi connectivity index (χ3v) is 5.63. The number of carbonyl (C=O) groups is 2. The van der Waals surface area contributed by atoms with Crippen LogP contribution in [0.4, 0.5) is 31.5 Å². The van der Waals surface area contributed by atoms with Crippen molar-refractivity contribution in [2.24, 2.45) is 0 Å². The number of nitrogens with zero attached hydrogens (tertiary/aromatic N) is 5. The highest BCUT2D eigenvalue weighted by Crippen LogP contribution is 2.36. The van der Waals surface area contributed by atoms with Crippen LogP contribution in [0, 0.1) is 0 Å². The highest BCUT2D eigenvalue weighted by atomic mass is 32.1. The Labute approximate surface area is 192 Å². The van der Waals surface area contributed by atoms with Crippen molar-refractivity contribution < 1.29 is 46.1 Å². The minimum Gasteiger partial charge on any atom is -0.475 e. The van der Waals surface area contributed by atoms with E-state index < -0.39 is 24.3 Å². The molecule has 34 heavy (non-hydrogen) atoms. The third kappa shape index (κ3) is 7.79. The van der Waals surface area contributed by atoms with Gasteiger partial charge in [-0.1, -0.05) is 11.3 Å². The minimum absolute atomic E-state index is 0.616. The number of hydrogen-bond donors (Lipinski definition) is 2. The first kappa shape index (κ1) is 27.2. The SMILES string of the molecule is O=C(O)C(F)(F)F.O=C(O)C(F)(F)F.c1cc(CN2CC[C@H]3[C@H]2CCN3c2nncs2)ccn1. The summed E-state index contributed by atoms with van der Waals surface area (Å²) in [6, 6.07) is 5.51. The number of alkyl halides is 6. The maximum Gasteiger partial charge on any atom is 0.490 e. The fourth-order valence-corrected chi connectivity index (χ4v) is 4.17. The summed E-state index contributed by atoms with van der Waals surface area (Å²) in [6.45, 7) is 3.32. The third-order valence-electron chi connectivity index (χ3n) is 4.91. The molecular weight excluding hydrogens is 496 g/mol. The predicted molar refractivity (Wildman–Crippen MR) is 106 cm³/mol. The minimum atomic E-state index is -5.08. The number of carboxylic acid groups (broad SMARTS) is 2. The Morgan fingerprint density at radius 2 is 1.50 bits per heavy atom. The van der Waals surface area contributed by atoms with Crippen molar-refractivity contribution in [3.8, 4) is 0 Å². The van der Waals surface area contributed by atoms with E-state index in [4.69, 9.17) is 19.8 Å². The van der Waals surface area contributed by atoms with Crippen LogP contribution in [0.1, 0.15) is 18.4 Å². The zero-order chi connectivity index (χ0) is 25.5. The lowest BCUT2D eigenvalue weighted by molar-refractivity contribution is -0.193. The van der Waals surface area contributed by atoms with E-state index in [1.165, 1.54) is 24.9 Å². The second-order valence-corrected chi connectivity index (χ2v) is 7.87. The second kappa shape index (κ2) is 11.4. The van der Waals surface area contributed by atoms with Crippen molar-refractivity contribution in [1.29, 1.82) is 0 Å². The summed E-state index contributed by atoms with van der Waals surface area (Å²) in [5, 5.41) is 23.5. The molecule has 16 heteroatoms. The van der Waals surface area contributed by atoms with Gasteiger partial charge >= 0.3 is 24.3 Å². The van der Waals surface area contributed by atoms with Crippen LogP contribution in [0.5, 0.6) is 0 Å². The second-order valence-electron chi connectivity index (χ2n) is 7.06. The van der Waals surface area contributed by atoms with E-state index in [1.807, 2.05) is 17.9 Å². The first-order chi connectivity index (χ1) is 15.8. The number of carboxylic acids is 2. The molecule has 0 saturated carbocycles. The van der Waals surface area contributed by atoms with Crippen LogP contribution < -0.4 is 4.90 Å². The summed E-state index contributed by atoms with van der Waals surface area (Å²) >= 11 is 1.65. The molecule has 2 aliphatic rings. The number of likely N-dealkylation sites (tertiary alicyclic amines) is 1. The van der Waals surface area contributed by atoms with Crippen molar-refractivity contribution in [1.82, 2.24) is 20.1 Å². The Kier molecular flexibility index (Phi) is 9.14. The van der Waals surface area contributed by atoms with Crippen molar-refractivity contribution in [3.05, 3.63) is 35.6 Å². The summed E-state index contributed by atoms with van der Waals surface area (Å²) in [5.74, 6) is -5.51. The van der Waals surface area contributed by atoms with Crippen LogP contribution >= 0.6 is 11.3 Å². The van der Waals surface area contributed by atoms with Gasteiger partial charge in [0.1, 0.15) is 5.51 Å². The Morgan fingerprint density at radius 3 is 1.97 bits per heavy atom. The molecule has 188 valence electrons. The van der Waals surface area contributed by atoms with Gasteiger partial charge in [0.15, 0.2) is 0 Å². The van der Waals surface area contributed by atoms with Crippen molar-refractivity contribution in [2.45, 2.75) is 43.8 Å². The van der Waals surface area contributed by atoms with Gasteiger partial charge in [0.25, 0.3) is 0 Å². The van der Waals surface area contributed by atoms with Crippen molar-refractivity contribution in [3.63, 3.8) is 0 Å². The summed E-state index contributed by atoms with van der Waals surface area (Å²) in [4.78, 5) is 26.9. The largest absolute Gasteiger partial charge is 0.490 e. The van der Waals surface area contributed by atoms with Crippen molar-refractivity contribution in [2.75, 3.05) is 18.0 Å². The molecule has 0 aromatic carbocycles. The molecule has 9 nitrogen and oxygen atoms in total. The summed E-state index contributed by atoms with van der Waals surface area (Å²) in [7, 11) is 0. The molecule has 0 spiro atoms. The first-order valence-corrected chi connectivity index (χ1v) is 10.4. The van der Waals surface area contributed by atoms with Crippen LogP contribution in [0.25, 0.3) is 0 Å². The van der Waals surface area contributed by atoms with E-state index in [0.29, 0.717) is 12.1 Å². The van der Waals surface area contributed by atoms with Gasteiger partial charge in [0.05, 0.1) is 0 Å². The van der Waals surface area contributed by atoms with Gasteiger partial charge in [0, 0.05) is 44.1 Å². The molecule has 0 amide bonds. The molecular formula is C18H19F6N5O4S. The normalized spacial score (nSPS) is 20.0. The standard InChI is InChI=1S/C14H17N5S.2C2HF3O2/c1-5-15-6-2-11(1)9-18-7-3-13-12(18)4-8-19(13)14-17-16-10-20-14;2*3-2(4,5)1(6)7/h1-2,5-6,10,12-13H,3-4,7-9H2;2*(H,6,7)/t12-,13+;;/m1../s1. The molecule has 0 bridgehead atoms. The molecule has 2 atom stereocenters. The number of aromatic nitrogens is 3. The Hall–Kier alpha value is -3.01.